The van der Waals surface area contributed by atoms with E-state index in [0.29, 0.717) is 28.8 Å². The Labute approximate surface area is 161 Å². The number of rotatable bonds is 6. The number of aromatic nitrogens is 2. The minimum Gasteiger partial charge on any atom is -0.354 e. The van der Waals surface area contributed by atoms with Crippen LogP contribution in [0.15, 0.2) is 60.8 Å². The molecule has 0 saturated heterocycles. The largest absolute Gasteiger partial charge is 0.354 e. The highest BCUT2D eigenvalue weighted by Gasteiger charge is 2.09. The molecule has 3 aromatic rings. The number of amides is 1. The number of nitrogens with zero attached hydrogens (tertiary/aromatic N) is 3. The molecular formula is C20H16ClN5O. The van der Waals surface area contributed by atoms with Crippen LogP contribution in [-0.4, -0.2) is 22.4 Å². The molecule has 2 N–H and O–H groups in total. The van der Waals surface area contributed by atoms with Gasteiger partial charge in [-0.15, -0.1) is 0 Å². The van der Waals surface area contributed by atoms with Gasteiger partial charge >= 0.3 is 0 Å². The highest BCUT2D eigenvalue weighted by atomic mass is 35.5. The molecule has 0 aliphatic carbocycles. The zero-order valence-electron chi connectivity index (χ0n) is 14.3. The molecule has 0 aliphatic heterocycles. The third-order valence-electron chi connectivity index (χ3n) is 3.75. The summed E-state index contributed by atoms with van der Waals surface area (Å²) in [6, 6.07) is 17.8. The van der Waals surface area contributed by atoms with Crippen molar-refractivity contribution in [3.63, 3.8) is 0 Å². The molecule has 0 unspecified atom stereocenters. The first-order valence-corrected chi connectivity index (χ1v) is 8.65. The number of nitrogens with one attached hydrogen (secondary N) is 2. The number of anilines is 2. The number of benzene rings is 2. The van der Waals surface area contributed by atoms with Gasteiger partial charge in [0.2, 0.25) is 5.95 Å². The first kappa shape index (κ1) is 18.4. The van der Waals surface area contributed by atoms with Gasteiger partial charge < -0.3 is 10.6 Å². The van der Waals surface area contributed by atoms with Crippen LogP contribution in [-0.2, 0) is 6.42 Å². The van der Waals surface area contributed by atoms with Gasteiger partial charge in [-0.3, -0.25) is 4.79 Å². The number of nitriles is 1. The van der Waals surface area contributed by atoms with Gasteiger partial charge in [-0.05, 0) is 54.4 Å². The van der Waals surface area contributed by atoms with Crippen LogP contribution in [0.4, 0.5) is 11.6 Å². The fraction of sp³-hybridized carbons (Fsp3) is 0.100. The van der Waals surface area contributed by atoms with Gasteiger partial charge in [0.15, 0.2) is 0 Å². The smallest absolute Gasteiger partial charge is 0.274 e. The fourth-order valence-corrected chi connectivity index (χ4v) is 2.62. The summed E-state index contributed by atoms with van der Waals surface area (Å²) in [5, 5.41) is 15.4. The van der Waals surface area contributed by atoms with Crippen molar-refractivity contribution >= 4 is 29.1 Å². The predicted octanol–water partition coefficient (Wildman–Crippen LogP) is 3.91. The Bertz CT molecular complexity index is 982. The molecule has 0 radical (unpaired) electrons. The Morgan fingerprint density at radius 1 is 1.15 bits per heavy atom. The standard InChI is InChI=1S/C20H16ClN5O/c21-16-3-1-2-14(12-16)8-10-23-20-24-11-9-18(26-20)19(27)25-17-6-4-15(13-22)5-7-17/h1-7,9,11-12H,8,10H2,(H,25,27)(H,23,24,26). The van der Waals surface area contributed by atoms with Gasteiger partial charge in [0, 0.05) is 23.5 Å². The molecule has 134 valence electrons. The van der Waals surface area contributed by atoms with E-state index < -0.39 is 0 Å². The van der Waals surface area contributed by atoms with Crippen LogP contribution in [0.5, 0.6) is 0 Å². The lowest BCUT2D eigenvalue weighted by molar-refractivity contribution is 0.102. The van der Waals surface area contributed by atoms with Crippen LogP contribution in [0.3, 0.4) is 0 Å². The average Bonchev–Trinajstić information content (AvgIpc) is 2.69. The van der Waals surface area contributed by atoms with Crippen molar-refractivity contribution in [1.82, 2.24) is 9.97 Å². The second-order valence-corrected chi connectivity index (χ2v) is 6.15. The molecule has 1 heterocycles. The van der Waals surface area contributed by atoms with Crippen LogP contribution in [0.2, 0.25) is 5.02 Å². The van der Waals surface area contributed by atoms with Crippen molar-refractivity contribution in [2.45, 2.75) is 6.42 Å². The van der Waals surface area contributed by atoms with Crippen molar-refractivity contribution in [3.8, 4) is 6.07 Å². The molecule has 2 aromatic carbocycles. The average molecular weight is 378 g/mol. The minimum atomic E-state index is -0.347. The van der Waals surface area contributed by atoms with Gasteiger partial charge in [0.25, 0.3) is 5.91 Å². The summed E-state index contributed by atoms with van der Waals surface area (Å²) >= 11 is 5.97. The van der Waals surface area contributed by atoms with Crippen LogP contribution >= 0.6 is 11.6 Å². The van der Waals surface area contributed by atoms with Crippen LogP contribution in [0.1, 0.15) is 21.6 Å². The van der Waals surface area contributed by atoms with Crippen molar-refractivity contribution < 1.29 is 4.79 Å². The molecule has 7 heteroatoms. The summed E-state index contributed by atoms with van der Waals surface area (Å²) in [5.74, 6) is 0.0319. The molecule has 0 fully saturated rings. The Hall–Kier alpha value is -3.43. The Morgan fingerprint density at radius 2 is 1.96 bits per heavy atom. The number of hydrogen-bond acceptors (Lipinski definition) is 5. The topological polar surface area (TPSA) is 90.7 Å². The highest BCUT2D eigenvalue weighted by Crippen LogP contribution is 2.12. The molecule has 0 aliphatic rings. The van der Waals surface area contributed by atoms with Gasteiger partial charge in [-0.25, -0.2) is 9.97 Å². The SMILES string of the molecule is N#Cc1ccc(NC(=O)c2ccnc(NCCc3cccc(Cl)c3)n2)cc1. The molecule has 27 heavy (non-hydrogen) atoms. The quantitative estimate of drug-likeness (QED) is 0.679. The van der Waals surface area contributed by atoms with Gasteiger partial charge in [0.1, 0.15) is 5.69 Å². The third kappa shape index (κ3) is 5.27. The van der Waals surface area contributed by atoms with Crippen LogP contribution in [0.25, 0.3) is 0 Å². The van der Waals surface area contributed by atoms with E-state index >= 15 is 0 Å². The summed E-state index contributed by atoms with van der Waals surface area (Å²) in [6.07, 6.45) is 2.29. The summed E-state index contributed by atoms with van der Waals surface area (Å²) in [4.78, 5) is 20.7. The second-order valence-electron chi connectivity index (χ2n) is 5.72. The number of carbonyl (C=O) groups excluding carboxylic acids is 1. The summed E-state index contributed by atoms with van der Waals surface area (Å²) < 4.78 is 0. The Balaban J connectivity index is 1.58. The summed E-state index contributed by atoms with van der Waals surface area (Å²) in [5.41, 5.74) is 2.47. The van der Waals surface area contributed by atoms with E-state index in [4.69, 9.17) is 16.9 Å². The van der Waals surface area contributed by atoms with Crippen molar-refractivity contribution in [2.24, 2.45) is 0 Å². The van der Waals surface area contributed by atoms with Crippen LogP contribution < -0.4 is 10.6 Å². The molecule has 0 spiro atoms. The molecule has 0 saturated carbocycles. The summed E-state index contributed by atoms with van der Waals surface area (Å²) in [6.45, 7) is 0.612. The van der Waals surface area contributed by atoms with Gasteiger partial charge in [0.05, 0.1) is 11.6 Å². The monoisotopic (exact) mass is 377 g/mol. The maximum Gasteiger partial charge on any atom is 0.274 e. The van der Waals surface area contributed by atoms with Crippen molar-refractivity contribution in [2.75, 3.05) is 17.2 Å². The van der Waals surface area contributed by atoms with E-state index in [9.17, 15) is 4.79 Å². The lowest BCUT2D eigenvalue weighted by atomic mass is 10.1. The second kappa shape index (κ2) is 8.79. The van der Waals surface area contributed by atoms with Gasteiger partial charge in [-0.1, -0.05) is 23.7 Å². The molecular weight excluding hydrogens is 362 g/mol. The Morgan fingerprint density at radius 3 is 2.70 bits per heavy atom. The van der Waals surface area contributed by atoms with Crippen molar-refractivity contribution in [1.29, 1.82) is 5.26 Å². The maximum absolute atomic E-state index is 12.3. The minimum absolute atomic E-state index is 0.250. The summed E-state index contributed by atoms with van der Waals surface area (Å²) in [7, 11) is 0. The molecule has 0 atom stereocenters. The highest BCUT2D eigenvalue weighted by molar-refractivity contribution is 6.30. The molecule has 3 rings (SSSR count). The van der Waals surface area contributed by atoms with Gasteiger partial charge in [-0.2, -0.15) is 5.26 Å². The first-order chi connectivity index (χ1) is 13.1. The fourth-order valence-electron chi connectivity index (χ4n) is 2.40. The van der Waals surface area contributed by atoms with Crippen molar-refractivity contribution in [3.05, 3.63) is 82.6 Å². The molecule has 1 aromatic heterocycles. The molecule has 0 bridgehead atoms. The Kier molecular flexibility index (Phi) is 5.98. The lowest BCUT2D eigenvalue weighted by Gasteiger charge is -2.08. The number of hydrogen-bond donors (Lipinski definition) is 2. The lowest BCUT2D eigenvalue weighted by Crippen LogP contribution is -2.16. The third-order valence-corrected chi connectivity index (χ3v) is 3.98. The first-order valence-electron chi connectivity index (χ1n) is 8.27. The zero-order chi connectivity index (χ0) is 19.1. The zero-order valence-corrected chi connectivity index (χ0v) is 15.1. The molecule has 1 amide bonds. The maximum atomic E-state index is 12.3. The number of halogens is 1. The van der Waals surface area contributed by atoms with Crippen LogP contribution in [0, 0.1) is 11.3 Å². The normalized spacial score (nSPS) is 10.1. The van der Waals surface area contributed by atoms with E-state index in [-0.39, 0.29) is 11.6 Å². The van der Waals surface area contributed by atoms with E-state index in [1.807, 2.05) is 30.3 Å². The van der Waals surface area contributed by atoms with E-state index in [1.165, 1.54) is 6.20 Å². The number of carbonyl (C=O) groups is 1. The van der Waals surface area contributed by atoms with E-state index in [2.05, 4.69) is 20.6 Å². The predicted molar refractivity (Wildman–Crippen MR) is 105 cm³/mol. The van der Waals surface area contributed by atoms with E-state index in [0.717, 1.165) is 12.0 Å². The van der Waals surface area contributed by atoms with E-state index in [1.54, 1.807) is 30.3 Å². The molecule has 6 nitrogen and oxygen atoms in total.